The molecule has 0 unspecified atom stereocenters. The van der Waals surface area contributed by atoms with E-state index in [0.717, 1.165) is 25.7 Å². The van der Waals surface area contributed by atoms with Crippen molar-refractivity contribution in [1.82, 2.24) is 9.13 Å². The maximum atomic E-state index is 2.45. The van der Waals surface area contributed by atoms with E-state index >= 15 is 0 Å². The van der Waals surface area contributed by atoms with Gasteiger partial charge in [-0.15, -0.1) is 0 Å². The Morgan fingerprint density at radius 1 is 0.299 bits per heavy atom. The molecule has 0 aliphatic heterocycles. The molecule has 0 radical (unpaired) electrons. The maximum Gasteiger partial charge on any atom is 0.0541 e. The van der Waals surface area contributed by atoms with Gasteiger partial charge in [-0.1, -0.05) is 140 Å². The number of allylic oxidation sites excluding steroid dienone is 8. The highest BCUT2D eigenvalue weighted by molar-refractivity contribution is 6.13. The van der Waals surface area contributed by atoms with E-state index < -0.39 is 0 Å². The first-order valence-corrected chi connectivity index (χ1v) is 23.6. The van der Waals surface area contributed by atoms with Crippen molar-refractivity contribution in [3.05, 3.63) is 259 Å². The van der Waals surface area contributed by atoms with Crippen molar-refractivity contribution in [1.29, 1.82) is 0 Å². The van der Waals surface area contributed by atoms with Gasteiger partial charge in [0.05, 0.1) is 22.1 Å². The third kappa shape index (κ3) is 6.82. The van der Waals surface area contributed by atoms with Gasteiger partial charge in [-0.25, -0.2) is 0 Å². The predicted octanol–water partition coefficient (Wildman–Crippen LogP) is 17.2. The van der Waals surface area contributed by atoms with Gasteiger partial charge in [0.25, 0.3) is 0 Å². The van der Waals surface area contributed by atoms with Crippen LogP contribution in [0.1, 0.15) is 31.2 Å². The molecule has 0 N–H and O–H groups in total. The summed E-state index contributed by atoms with van der Waals surface area (Å²) in [6, 6.07) is 77.7. The molecule has 2 aliphatic rings. The third-order valence-electron chi connectivity index (χ3n) is 14.2. The fourth-order valence-corrected chi connectivity index (χ4v) is 10.9. The molecule has 13 rings (SSSR count). The van der Waals surface area contributed by atoms with Gasteiger partial charge in [0.15, 0.2) is 0 Å². The molecule has 67 heavy (non-hydrogen) atoms. The number of aromatic nitrogens is 2. The fourth-order valence-electron chi connectivity index (χ4n) is 10.9. The van der Waals surface area contributed by atoms with Crippen molar-refractivity contribution in [3.8, 4) is 22.5 Å². The molecule has 9 aromatic carbocycles. The van der Waals surface area contributed by atoms with Crippen molar-refractivity contribution in [2.45, 2.75) is 25.7 Å². The number of hydrogen-bond donors (Lipinski definition) is 0. The summed E-state index contributed by atoms with van der Waals surface area (Å²) in [5, 5.41) is 7.59. The van der Waals surface area contributed by atoms with Crippen LogP contribution in [-0.4, -0.2) is 9.13 Å². The summed E-state index contributed by atoms with van der Waals surface area (Å²) in [6.45, 7) is 0. The number of rotatable bonds is 8. The van der Waals surface area contributed by atoms with Crippen LogP contribution in [0.5, 0.6) is 0 Å². The lowest BCUT2D eigenvalue weighted by atomic mass is 9.86. The maximum absolute atomic E-state index is 2.45. The van der Waals surface area contributed by atoms with E-state index in [1.807, 2.05) is 0 Å². The van der Waals surface area contributed by atoms with Gasteiger partial charge >= 0.3 is 0 Å². The minimum Gasteiger partial charge on any atom is -0.314 e. The Morgan fingerprint density at radius 3 is 1.39 bits per heavy atom. The molecule has 3 nitrogen and oxygen atoms in total. The first kappa shape index (κ1) is 39.0. The Hall–Kier alpha value is -8.40. The summed E-state index contributed by atoms with van der Waals surface area (Å²) in [5.74, 6) is 0. The Morgan fingerprint density at radius 2 is 0.776 bits per heavy atom. The van der Waals surface area contributed by atoms with Crippen LogP contribution in [0.2, 0.25) is 0 Å². The summed E-state index contributed by atoms with van der Waals surface area (Å²) >= 11 is 0. The summed E-state index contributed by atoms with van der Waals surface area (Å²) in [5.41, 5.74) is 18.9. The van der Waals surface area contributed by atoms with Crippen molar-refractivity contribution >= 4 is 71.3 Å². The smallest absolute Gasteiger partial charge is 0.0541 e. The second kappa shape index (κ2) is 16.2. The topological polar surface area (TPSA) is 13.1 Å². The summed E-state index contributed by atoms with van der Waals surface area (Å²) in [7, 11) is 0. The molecule has 0 saturated heterocycles. The average molecular weight is 858 g/mol. The highest BCUT2D eigenvalue weighted by Crippen LogP contribution is 2.42. The largest absolute Gasteiger partial charge is 0.314 e. The normalized spacial score (nSPS) is 14.1. The lowest BCUT2D eigenvalue weighted by molar-refractivity contribution is 0.854. The van der Waals surface area contributed by atoms with E-state index in [2.05, 4.69) is 251 Å². The molecular formula is C64H47N3. The minimum atomic E-state index is 0.983. The molecule has 2 aromatic heterocycles. The van der Waals surface area contributed by atoms with Crippen LogP contribution < -0.4 is 4.90 Å². The number of fused-ring (bicyclic) bond motifs is 7. The molecule has 0 fully saturated rings. The summed E-state index contributed by atoms with van der Waals surface area (Å²) < 4.78 is 4.82. The van der Waals surface area contributed by atoms with Crippen LogP contribution in [0.3, 0.4) is 0 Å². The zero-order valence-corrected chi connectivity index (χ0v) is 37.2. The molecule has 3 heteroatoms. The minimum absolute atomic E-state index is 0.983. The van der Waals surface area contributed by atoms with Gasteiger partial charge in [-0.3, -0.25) is 0 Å². The SMILES string of the molecule is C1=C(C2=CC=C(N(c3ccccc3)c3ccc4ccccc4c3)CC2)CCC(c2ccc3c(c2)c2cc(-c4ccc5c(c4)c4ccccc4n5-c4ccccc4)ccc2n3-c2ccccc2)=C1. The molecule has 11 aromatic rings. The van der Waals surface area contributed by atoms with Gasteiger partial charge in [-0.2, -0.15) is 0 Å². The van der Waals surface area contributed by atoms with Crippen LogP contribution in [0, 0.1) is 0 Å². The van der Waals surface area contributed by atoms with Crippen molar-refractivity contribution in [3.63, 3.8) is 0 Å². The number of para-hydroxylation sites is 4. The first-order valence-electron chi connectivity index (χ1n) is 23.6. The molecule has 0 bridgehead atoms. The quantitative estimate of drug-likeness (QED) is 0.148. The second-order valence-corrected chi connectivity index (χ2v) is 18.0. The van der Waals surface area contributed by atoms with Crippen molar-refractivity contribution in [2.24, 2.45) is 0 Å². The van der Waals surface area contributed by atoms with Crippen LogP contribution in [0.15, 0.2) is 253 Å². The van der Waals surface area contributed by atoms with E-state index in [4.69, 9.17) is 0 Å². The van der Waals surface area contributed by atoms with E-state index in [9.17, 15) is 0 Å². The lowest BCUT2D eigenvalue weighted by Gasteiger charge is -2.30. The zero-order valence-electron chi connectivity index (χ0n) is 37.2. The fraction of sp³-hybridized carbons (Fsp3) is 0.0625. The van der Waals surface area contributed by atoms with Crippen molar-refractivity contribution in [2.75, 3.05) is 4.90 Å². The molecule has 0 saturated carbocycles. The molecule has 0 atom stereocenters. The van der Waals surface area contributed by atoms with Gasteiger partial charge in [0, 0.05) is 50.0 Å². The second-order valence-electron chi connectivity index (χ2n) is 18.0. The lowest BCUT2D eigenvalue weighted by Crippen LogP contribution is -2.18. The van der Waals surface area contributed by atoms with Gasteiger partial charge in [-0.05, 0) is 167 Å². The van der Waals surface area contributed by atoms with Gasteiger partial charge in [0.1, 0.15) is 0 Å². The molecule has 318 valence electrons. The Labute approximate surface area is 390 Å². The van der Waals surface area contributed by atoms with E-state index in [1.165, 1.54) is 116 Å². The highest BCUT2D eigenvalue weighted by Gasteiger charge is 2.22. The number of hydrogen-bond acceptors (Lipinski definition) is 1. The highest BCUT2D eigenvalue weighted by atomic mass is 15.1. The van der Waals surface area contributed by atoms with Crippen molar-refractivity contribution < 1.29 is 0 Å². The van der Waals surface area contributed by atoms with E-state index in [-0.39, 0.29) is 0 Å². The summed E-state index contributed by atoms with van der Waals surface area (Å²) in [4.78, 5) is 2.44. The van der Waals surface area contributed by atoms with E-state index in [0.29, 0.717) is 0 Å². The Balaban J connectivity index is 0.857. The molecular weight excluding hydrogens is 811 g/mol. The zero-order chi connectivity index (χ0) is 44.3. The standard InChI is InChI=1S/C64H47N3/c1-4-16-52(17-5-1)65(56-36-30-44-14-10-11-15-48(44)40-56)55-34-28-46(29-35-55)45-24-26-47(27-25-45)49-31-37-63-59(41-49)60-43-51(33-39-64(60)67(63)54-20-8-3-9-21-54)50-32-38-62-58(42-50)57-22-12-13-23-61(57)66(62)53-18-6-2-7-19-53/h1-24,26,28,30-34,36-43H,25,27,29,35H2. The number of nitrogens with zero attached hydrogens (tertiary/aromatic N) is 3. The van der Waals surface area contributed by atoms with Crippen LogP contribution in [0.25, 0.3) is 82.5 Å². The molecule has 0 amide bonds. The van der Waals surface area contributed by atoms with Crippen LogP contribution in [0.4, 0.5) is 11.4 Å². The Bertz CT molecular complexity index is 3840. The monoisotopic (exact) mass is 857 g/mol. The van der Waals surface area contributed by atoms with Crippen LogP contribution in [-0.2, 0) is 0 Å². The molecule has 2 heterocycles. The van der Waals surface area contributed by atoms with Crippen LogP contribution >= 0.6 is 0 Å². The number of anilines is 2. The molecule has 0 spiro atoms. The first-order chi connectivity index (χ1) is 33.2. The third-order valence-corrected chi connectivity index (χ3v) is 14.2. The molecule has 2 aliphatic carbocycles. The number of benzene rings is 9. The van der Waals surface area contributed by atoms with E-state index in [1.54, 1.807) is 0 Å². The average Bonchev–Trinajstić information content (AvgIpc) is 3.91. The predicted molar refractivity (Wildman–Crippen MR) is 284 cm³/mol. The summed E-state index contributed by atoms with van der Waals surface area (Å²) in [6.07, 6.45) is 13.6. The van der Waals surface area contributed by atoms with Gasteiger partial charge in [0.2, 0.25) is 0 Å². The van der Waals surface area contributed by atoms with Gasteiger partial charge < -0.3 is 14.0 Å². The Kier molecular flexibility index (Phi) is 9.45.